The zero-order valence-corrected chi connectivity index (χ0v) is 15.3. The molecule has 1 aromatic carbocycles. The predicted octanol–water partition coefficient (Wildman–Crippen LogP) is 3.52. The van der Waals surface area contributed by atoms with Crippen LogP contribution in [0.1, 0.15) is 32.3 Å². The van der Waals surface area contributed by atoms with Gasteiger partial charge in [-0.15, -0.1) is 0 Å². The molecule has 3 nitrogen and oxygen atoms in total. The molecule has 2 aliphatic heterocycles. The highest BCUT2D eigenvalue weighted by molar-refractivity contribution is 5.48. The van der Waals surface area contributed by atoms with Crippen molar-refractivity contribution in [1.29, 1.82) is 0 Å². The molecule has 2 aliphatic rings. The molecule has 3 heteroatoms. The molecule has 2 fully saturated rings. The summed E-state index contributed by atoms with van der Waals surface area (Å²) in [4.78, 5) is 5.22. The number of hydrogen-bond acceptors (Lipinski definition) is 3. The van der Waals surface area contributed by atoms with Crippen molar-refractivity contribution in [3.8, 4) is 0 Å². The lowest BCUT2D eigenvalue weighted by molar-refractivity contribution is -0.0780. The van der Waals surface area contributed by atoms with Crippen LogP contribution in [0.4, 0.5) is 0 Å². The molecule has 0 bridgehead atoms. The summed E-state index contributed by atoms with van der Waals surface area (Å²) >= 11 is 0. The van der Waals surface area contributed by atoms with Crippen LogP contribution in [0.2, 0.25) is 0 Å². The van der Waals surface area contributed by atoms with Gasteiger partial charge in [0.05, 0.1) is 5.60 Å². The van der Waals surface area contributed by atoms with E-state index in [1.54, 1.807) is 0 Å². The average Bonchev–Trinajstić information content (AvgIpc) is 2.57. The van der Waals surface area contributed by atoms with Gasteiger partial charge in [-0.1, -0.05) is 42.5 Å². The Morgan fingerprint density at radius 3 is 2.50 bits per heavy atom. The Bertz CT molecular complexity index is 518. The fourth-order valence-electron chi connectivity index (χ4n) is 3.94. The first-order chi connectivity index (χ1) is 11.6. The number of piperazine rings is 1. The second-order valence-electron chi connectivity index (χ2n) is 7.88. The third-order valence-corrected chi connectivity index (χ3v) is 5.25. The number of nitrogens with zero attached hydrogens (tertiary/aromatic N) is 2. The standard InChI is InChI=1S/C21H32N2O/c1-21(2)17-20(10-16-24-21)18-23-14-12-22(13-15-23)11-6-9-19-7-4-3-5-8-19/h3-9,20H,10-18H2,1-2H3/b9-6+/t20-/m1/s1. The first-order valence-corrected chi connectivity index (χ1v) is 9.41. The fourth-order valence-corrected chi connectivity index (χ4v) is 3.94. The molecule has 2 heterocycles. The Balaban J connectivity index is 1.37. The van der Waals surface area contributed by atoms with E-state index < -0.39 is 0 Å². The van der Waals surface area contributed by atoms with Gasteiger partial charge in [0.1, 0.15) is 0 Å². The van der Waals surface area contributed by atoms with E-state index in [9.17, 15) is 0 Å². The largest absolute Gasteiger partial charge is 0.376 e. The molecule has 24 heavy (non-hydrogen) atoms. The average molecular weight is 329 g/mol. The second-order valence-corrected chi connectivity index (χ2v) is 7.88. The molecular formula is C21H32N2O. The number of rotatable bonds is 5. The van der Waals surface area contributed by atoms with Crippen LogP contribution in [-0.4, -0.2) is 61.3 Å². The van der Waals surface area contributed by atoms with Gasteiger partial charge in [0.15, 0.2) is 0 Å². The van der Waals surface area contributed by atoms with Gasteiger partial charge in [-0.25, -0.2) is 0 Å². The summed E-state index contributed by atoms with van der Waals surface area (Å²) in [5.41, 5.74) is 1.37. The number of hydrogen-bond donors (Lipinski definition) is 0. The Hall–Kier alpha value is -1.16. The maximum Gasteiger partial charge on any atom is 0.0629 e. The number of ether oxygens (including phenoxy) is 1. The van der Waals surface area contributed by atoms with Crippen LogP contribution < -0.4 is 0 Å². The topological polar surface area (TPSA) is 15.7 Å². The summed E-state index contributed by atoms with van der Waals surface area (Å²) < 4.78 is 5.85. The molecule has 0 aliphatic carbocycles. The SMILES string of the molecule is CC1(C)C[C@H](CN2CCN(C/C=C/c3ccccc3)CC2)CCO1. The lowest BCUT2D eigenvalue weighted by atomic mass is 9.88. The van der Waals surface area contributed by atoms with Crippen molar-refractivity contribution in [3.05, 3.63) is 42.0 Å². The van der Waals surface area contributed by atoms with E-state index in [1.165, 1.54) is 51.1 Å². The summed E-state index contributed by atoms with van der Waals surface area (Å²) in [7, 11) is 0. The highest BCUT2D eigenvalue weighted by Gasteiger charge is 2.30. The van der Waals surface area contributed by atoms with Gasteiger partial charge >= 0.3 is 0 Å². The molecule has 0 spiro atoms. The molecule has 3 rings (SSSR count). The van der Waals surface area contributed by atoms with E-state index in [1.807, 2.05) is 0 Å². The molecule has 0 saturated carbocycles. The minimum absolute atomic E-state index is 0.0764. The van der Waals surface area contributed by atoms with E-state index >= 15 is 0 Å². The van der Waals surface area contributed by atoms with Crippen molar-refractivity contribution in [1.82, 2.24) is 9.80 Å². The lowest BCUT2D eigenvalue weighted by Gasteiger charge is -2.40. The van der Waals surface area contributed by atoms with Crippen molar-refractivity contribution in [2.24, 2.45) is 5.92 Å². The van der Waals surface area contributed by atoms with E-state index in [2.05, 4.69) is 66.1 Å². The van der Waals surface area contributed by atoms with Crippen LogP contribution >= 0.6 is 0 Å². The van der Waals surface area contributed by atoms with Gasteiger partial charge in [0.25, 0.3) is 0 Å². The lowest BCUT2D eigenvalue weighted by Crippen LogP contribution is -2.49. The van der Waals surface area contributed by atoms with Crippen LogP contribution in [0.25, 0.3) is 6.08 Å². The van der Waals surface area contributed by atoms with Gasteiger partial charge in [-0.2, -0.15) is 0 Å². The van der Waals surface area contributed by atoms with Crippen molar-refractivity contribution < 1.29 is 4.74 Å². The van der Waals surface area contributed by atoms with E-state index in [-0.39, 0.29) is 5.60 Å². The van der Waals surface area contributed by atoms with E-state index in [0.717, 1.165) is 19.1 Å². The Labute approximate surface area is 147 Å². The van der Waals surface area contributed by atoms with Crippen LogP contribution in [0.5, 0.6) is 0 Å². The molecule has 0 amide bonds. The summed E-state index contributed by atoms with van der Waals surface area (Å²) in [5, 5.41) is 0. The summed E-state index contributed by atoms with van der Waals surface area (Å²) in [6.45, 7) is 12.5. The second kappa shape index (κ2) is 8.28. The first-order valence-electron chi connectivity index (χ1n) is 9.41. The maximum absolute atomic E-state index is 5.85. The van der Waals surface area contributed by atoms with Gasteiger partial charge in [-0.05, 0) is 38.2 Å². The minimum atomic E-state index is 0.0764. The molecular weight excluding hydrogens is 296 g/mol. The summed E-state index contributed by atoms with van der Waals surface area (Å²) in [6, 6.07) is 10.6. The molecule has 1 atom stereocenters. The minimum Gasteiger partial charge on any atom is -0.376 e. The Kier molecular flexibility index (Phi) is 6.09. The maximum atomic E-state index is 5.85. The van der Waals surface area contributed by atoms with Crippen molar-refractivity contribution in [3.63, 3.8) is 0 Å². The summed E-state index contributed by atoms with van der Waals surface area (Å²) in [6.07, 6.45) is 6.96. The van der Waals surface area contributed by atoms with Crippen molar-refractivity contribution >= 4 is 6.08 Å². The van der Waals surface area contributed by atoms with Crippen LogP contribution in [0, 0.1) is 5.92 Å². The zero-order valence-electron chi connectivity index (χ0n) is 15.3. The predicted molar refractivity (Wildman–Crippen MR) is 101 cm³/mol. The Morgan fingerprint density at radius 1 is 1.08 bits per heavy atom. The normalized spacial score (nSPS) is 26.0. The van der Waals surface area contributed by atoms with Crippen LogP contribution in [0.3, 0.4) is 0 Å². The molecule has 2 saturated heterocycles. The third kappa shape index (κ3) is 5.44. The van der Waals surface area contributed by atoms with Crippen LogP contribution in [-0.2, 0) is 4.74 Å². The van der Waals surface area contributed by atoms with E-state index in [4.69, 9.17) is 4.74 Å². The zero-order chi connectivity index (χ0) is 16.8. The number of benzene rings is 1. The molecule has 0 radical (unpaired) electrons. The third-order valence-electron chi connectivity index (χ3n) is 5.25. The monoisotopic (exact) mass is 328 g/mol. The van der Waals surface area contributed by atoms with Crippen LogP contribution in [0.15, 0.2) is 36.4 Å². The molecule has 0 unspecified atom stereocenters. The van der Waals surface area contributed by atoms with Gasteiger partial charge < -0.3 is 9.64 Å². The van der Waals surface area contributed by atoms with Gasteiger partial charge in [0.2, 0.25) is 0 Å². The van der Waals surface area contributed by atoms with Gasteiger partial charge in [-0.3, -0.25) is 4.90 Å². The first kappa shape index (κ1) is 17.7. The molecule has 132 valence electrons. The van der Waals surface area contributed by atoms with Crippen molar-refractivity contribution in [2.75, 3.05) is 45.9 Å². The summed E-state index contributed by atoms with van der Waals surface area (Å²) in [5.74, 6) is 0.804. The molecule has 0 N–H and O–H groups in total. The highest BCUT2D eigenvalue weighted by Crippen LogP contribution is 2.29. The van der Waals surface area contributed by atoms with Gasteiger partial charge in [0, 0.05) is 45.9 Å². The fraction of sp³-hybridized carbons (Fsp3) is 0.619. The quantitative estimate of drug-likeness (QED) is 0.822. The smallest absolute Gasteiger partial charge is 0.0629 e. The molecule has 0 aromatic heterocycles. The van der Waals surface area contributed by atoms with E-state index in [0.29, 0.717) is 0 Å². The van der Waals surface area contributed by atoms with Crippen molar-refractivity contribution in [2.45, 2.75) is 32.3 Å². The highest BCUT2D eigenvalue weighted by atomic mass is 16.5. The molecule has 1 aromatic rings. The Morgan fingerprint density at radius 2 is 1.79 bits per heavy atom.